The number of nitrogens with zero attached hydrogens (tertiary/aromatic N) is 2. The van der Waals surface area contributed by atoms with Crippen LogP contribution < -0.4 is 16.2 Å². The molecule has 3 aromatic rings. The van der Waals surface area contributed by atoms with E-state index in [0.29, 0.717) is 27.6 Å². The van der Waals surface area contributed by atoms with Crippen molar-refractivity contribution in [2.45, 2.75) is 0 Å². The van der Waals surface area contributed by atoms with E-state index in [0.717, 1.165) is 5.69 Å². The minimum absolute atomic E-state index is 0.0791. The molecule has 8 heteroatoms. The van der Waals surface area contributed by atoms with Crippen LogP contribution in [0.2, 0.25) is 5.02 Å². The van der Waals surface area contributed by atoms with E-state index in [9.17, 15) is 10.1 Å². The van der Waals surface area contributed by atoms with E-state index >= 15 is 0 Å². The van der Waals surface area contributed by atoms with Crippen LogP contribution in [-0.2, 0) is 4.79 Å². The number of amides is 1. The Hall–Kier alpha value is -3.50. The summed E-state index contributed by atoms with van der Waals surface area (Å²) in [4.78, 5) is 18.4. The molecule has 0 unspecified atom stereocenters. The molecular weight excluding hydrogens is 354 g/mol. The predicted molar refractivity (Wildman–Crippen MR) is 98.3 cm³/mol. The summed E-state index contributed by atoms with van der Waals surface area (Å²) in [6.07, 6.45) is 1.76. The Morgan fingerprint density at radius 2 is 2.12 bits per heavy atom. The van der Waals surface area contributed by atoms with Gasteiger partial charge in [-0.25, -0.2) is 4.98 Å². The number of nitriles is 1. The summed E-state index contributed by atoms with van der Waals surface area (Å²) in [5.41, 5.74) is 13.6. The quantitative estimate of drug-likeness (QED) is 0.638. The maximum absolute atomic E-state index is 11.1. The fourth-order valence-corrected chi connectivity index (χ4v) is 2.68. The van der Waals surface area contributed by atoms with Gasteiger partial charge in [0.15, 0.2) is 6.61 Å². The first kappa shape index (κ1) is 17.3. The lowest BCUT2D eigenvalue weighted by Gasteiger charge is -2.14. The molecule has 3 rings (SSSR count). The van der Waals surface area contributed by atoms with Crippen molar-refractivity contribution in [1.29, 1.82) is 5.26 Å². The number of hydrogen-bond donors (Lipinski definition) is 3. The van der Waals surface area contributed by atoms with Gasteiger partial charge in [-0.3, -0.25) is 4.79 Å². The zero-order chi connectivity index (χ0) is 18.7. The third kappa shape index (κ3) is 3.45. The molecule has 7 nitrogen and oxygen atoms in total. The number of hydrogen-bond acceptors (Lipinski definition) is 5. The van der Waals surface area contributed by atoms with Gasteiger partial charge in [0.25, 0.3) is 5.91 Å². The number of rotatable bonds is 5. The summed E-state index contributed by atoms with van der Waals surface area (Å²) in [7, 11) is 0. The highest BCUT2D eigenvalue weighted by atomic mass is 35.5. The topological polar surface area (TPSA) is 131 Å². The number of carbonyl (C=O) groups excluding carboxylic acids is 1. The molecule has 0 radical (unpaired) electrons. The summed E-state index contributed by atoms with van der Waals surface area (Å²) < 4.78 is 5.47. The van der Waals surface area contributed by atoms with Gasteiger partial charge in [-0.1, -0.05) is 11.6 Å². The standard InChI is InChI=1S/C18H14ClN5O2/c19-10-3-4-16(26-9-17(21)25)12(6-10)11-7-15(14-2-1-5-23-14)24-18(22)13(11)8-20/h1-7,23H,9H2,(H2,21,25)(H2,22,24). The van der Waals surface area contributed by atoms with Crippen LogP contribution in [0, 0.1) is 11.3 Å². The molecule has 0 fully saturated rings. The van der Waals surface area contributed by atoms with Crippen LogP contribution in [0.15, 0.2) is 42.6 Å². The highest BCUT2D eigenvalue weighted by Gasteiger charge is 2.18. The van der Waals surface area contributed by atoms with Crippen molar-refractivity contribution in [3.8, 4) is 34.3 Å². The van der Waals surface area contributed by atoms with Gasteiger partial charge in [0.1, 0.15) is 23.2 Å². The van der Waals surface area contributed by atoms with Crippen molar-refractivity contribution in [1.82, 2.24) is 9.97 Å². The third-order valence-electron chi connectivity index (χ3n) is 3.63. The van der Waals surface area contributed by atoms with Crippen molar-refractivity contribution in [3.63, 3.8) is 0 Å². The van der Waals surface area contributed by atoms with E-state index in [1.54, 1.807) is 30.5 Å². The first-order valence-corrected chi connectivity index (χ1v) is 7.92. The second-order valence-electron chi connectivity index (χ2n) is 5.41. The third-order valence-corrected chi connectivity index (χ3v) is 3.87. The number of aromatic nitrogens is 2. The van der Waals surface area contributed by atoms with Crippen LogP contribution in [0.3, 0.4) is 0 Å². The number of anilines is 1. The summed E-state index contributed by atoms with van der Waals surface area (Å²) in [5, 5.41) is 9.97. The molecule has 0 saturated carbocycles. The molecule has 0 aliphatic rings. The van der Waals surface area contributed by atoms with E-state index in [4.69, 9.17) is 27.8 Å². The van der Waals surface area contributed by atoms with Crippen LogP contribution in [0.5, 0.6) is 5.75 Å². The van der Waals surface area contributed by atoms with Gasteiger partial charge in [-0.2, -0.15) is 5.26 Å². The van der Waals surface area contributed by atoms with E-state index in [2.05, 4.69) is 16.0 Å². The highest BCUT2D eigenvalue weighted by Crippen LogP contribution is 2.37. The molecular formula is C18H14ClN5O2. The Morgan fingerprint density at radius 1 is 1.31 bits per heavy atom. The number of primary amides is 1. The fraction of sp³-hybridized carbons (Fsp3) is 0.0556. The van der Waals surface area contributed by atoms with Crippen molar-refractivity contribution in [3.05, 3.63) is 53.2 Å². The average molecular weight is 368 g/mol. The first-order chi connectivity index (χ1) is 12.5. The summed E-state index contributed by atoms with van der Waals surface area (Å²) in [6.45, 7) is -0.305. The second-order valence-corrected chi connectivity index (χ2v) is 5.84. The summed E-state index contributed by atoms with van der Waals surface area (Å²) >= 11 is 6.12. The van der Waals surface area contributed by atoms with E-state index < -0.39 is 5.91 Å². The van der Waals surface area contributed by atoms with E-state index in [1.807, 2.05) is 12.1 Å². The number of nitrogens with one attached hydrogen (secondary N) is 1. The molecule has 0 saturated heterocycles. The molecule has 130 valence electrons. The molecule has 2 aromatic heterocycles. The first-order valence-electron chi connectivity index (χ1n) is 7.55. The Morgan fingerprint density at radius 3 is 2.77 bits per heavy atom. The lowest BCUT2D eigenvalue weighted by Crippen LogP contribution is -2.20. The number of halogens is 1. The van der Waals surface area contributed by atoms with Gasteiger partial charge in [-0.05, 0) is 36.4 Å². The molecule has 26 heavy (non-hydrogen) atoms. The van der Waals surface area contributed by atoms with Gasteiger partial charge >= 0.3 is 0 Å². The molecule has 0 aliphatic heterocycles. The Balaban J connectivity index is 2.21. The van der Waals surface area contributed by atoms with Crippen molar-refractivity contribution < 1.29 is 9.53 Å². The SMILES string of the molecule is N#Cc1c(-c2cc(Cl)ccc2OCC(N)=O)cc(-c2ccc[nH]2)nc1N. The van der Waals surface area contributed by atoms with Gasteiger partial charge < -0.3 is 21.2 Å². The largest absolute Gasteiger partial charge is 0.483 e. The number of aromatic amines is 1. The lowest BCUT2D eigenvalue weighted by atomic mass is 9.98. The number of ether oxygens (including phenoxy) is 1. The van der Waals surface area contributed by atoms with Crippen LogP contribution in [0.4, 0.5) is 5.82 Å². The Labute approximate surface area is 154 Å². The number of carbonyl (C=O) groups is 1. The second kappa shape index (κ2) is 7.17. The molecule has 1 aromatic carbocycles. The zero-order valence-electron chi connectivity index (χ0n) is 13.5. The monoisotopic (exact) mass is 367 g/mol. The van der Waals surface area contributed by atoms with E-state index in [1.165, 1.54) is 0 Å². The molecule has 0 atom stereocenters. The van der Waals surface area contributed by atoms with Gasteiger partial charge in [0.2, 0.25) is 0 Å². The molecule has 5 N–H and O–H groups in total. The highest BCUT2D eigenvalue weighted by molar-refractivity contribution is 6.31. The van der Waals surface area contributed by atoms with E-state index in [-0.39, 0.29) is 18.0 Å². The zero-order valence-corrected chi connectivity index (χ0v) is 14.2. The number of pyridine rings is 1. The number of nitrogens with two attached hydrogens (primary N) is 2. The van der Waals surface area contributed by atoms with Crippen molar-refractivity contribution in [2.75, 3.05) is 12.3 Å². The van der Waals surface area contributed by atoms with Gasteiger partial charge in [-0.15, -0.1) is 0 Å². The minimum Gasteiger partial charge on any atom is -0.483 e. The molecule has 2 heterocycles. The average Bonchev–Trinajstić information content (AvgIpc) is 3.14. The van der Waals surface area contributed by atoms with Gasteiger partial charge in [0.05, 0.1) is 11.4 Å². The maximum atomic E-state index is 11.1. The minimum atomic E-state index is -0.618. The van der Waals surface area contributed by atoms with Crippen molar-refractivity contribution in [2.24, 2.45) is 5.73 Å². The van der Waals surface area contributed by atoms with Crippen LogP contribution in [-0.4, -0.2) is 22.5 Å². The number of nitrogen functional groups attached to an aromatic ring is 1. The normalized spacial score (nSPS) is 10.3. The Bertz CT molecular complexity index is 1010. The predicted octanol–water partition coefficient (Wildman–Crippen LogP) is 2.72. The maximum Gasteiger partial charge on any atom is 0.255 e. The fourth-order valence-electron chi connectivity index (χ4n) is 2.51. The molecule has 0 spiro atoms. The van der Waals surface area contributed by atoms with Crippen LogP contribution in [0.1, 0.15) is 5.56 Å². The molecule has 0 bridgehead atoms. The molecule has 0 aliphatic carbocycles. The lowest BCUT2D eigenvalue weighted by molar-refractivity contribution is -0.119. The molecule has 1 amide bonds. The summed E-state index contributed by atoms with van der Waals surface area (Å²) in [5.74, 6) is -0.184. The Kier molecular flexibility index (Phi) is 4.78. The smallest absolute Gasteiger partial charge is 0.255 e. The van der Waals surface area contributed by atoms with Gasteiger partial charge in [0, 0.05) is 22.3 Å². The van der Waals surface area contributed by atoms with Crippen LogP contribution in [0.25, 0.3) is 22.5 Å². The van der Waals surface area contributed by atoms with Crippen LogP contribution >= 0.6 is 11.6 Å². The number of benzene rings is 1. The summed E-state index contributed by atoms with van der Waals surface area (Å²) in [6, 6.07) is 12.3. The number of H-pyrrole nitrogens is 1. The van der Waals surface area contributed by atoms with Crippen molar-refractivity contribution >= 4 is 23.3 Å².